The second-order valence-corrected chi connectivity index (χ2v) is 6.60. The van der Waals surface area contributed by atoms with E-state index in [9.17, 15) is 0 Å². The molecule has 1 fully saturated rings. The van der Waals surface area contributed by atoms with Gasteiger partial charge in [-0.05, 0) is 51.0 Å². The summed E-state index contributed by atoms with van der Waals surface area (Å²) in [5, 5.41) is 3.57. The van der Waals surface area contributed by atoms with Gasteiger partial charge in [-0.15, -0.1) is 0 Å². The van der Waals surface area contributed by atoms with Crippen LogP contribution in [0.15, 0.2) is 41.0 Å². The number of likely N-dealkylation sites (tertiary alicyclic amines) is 1. The van der Waals surface area contributed by atoms with E-state index < -0.39 is 0 Å². The van der Waals surface area contributed by atoms with Crippen LogP contribution in [-0.2, 0) is 5.41 Å². The molecule has 4 nitrogen and oxygen atoms in total. The zero-order valence-corrected chi connectivity index (χ0v) is 15.4. The van der Waals surface area contributed by atoms with Crippen LogP contribution in [0.2, 0.25) is 0 Å². The van der Waals surface area contributed by atoms with Crippen LogP contribution >= 0.6 is 0 Å². The molecule has 1 aromatic rings. The number of rotatable bonds is 3. The maximum absolute atomic E-state index is 5.33. The molecule has 0 unspecified atom stereocenters. The molecule has 3 N–H and O–H groups in total. The van der Waals surface area contributed by atoms with Crippen molar-refractivity contribution in [1.82, 2.24) is 4.90 Å². The molecule has 0 aliphatic carbocycles. The molecule has 0 aromatic heterocycles. The highest BCUT2D eigenvalue weighted by Gasteiger charge is 2.40. The van der Waals surface area contributed by atoms with Gasteiger partial charge >= 0.3 is 0 Å². The van der Waals surface area contributed by atoms with Crippen LogP contribution < -0.4 is 11.1 Å². The molecule has 0 atom stereocenters. The molecule has 4 heteroatoms. The Balaban J connectivity index is 0.000000301. The van der Waals surface area contributed by atoms with Crippen LogP contribution in [0.5, 0.6) is 0 Å². The van der Waals surface area contributed by atoms with Gasteiger partial charge in [0.05, 0.1) is 6.67 Å². The number of hydrogen-bond donors (Lipinski definition) is 2. The zero-order valence-electron chi connectivity index (χ0n) is 15.4. The molecule has 2 heterocycles. The average molecular weight is 329 g/mol. The summed E-state index contributed by atoms with van der Waals surface area (Å²) >= 11 is 0. The van der Waals surface area contributed by atoms with Gasteiger partial charge in [-0.3, -0.25) is 9.89 Å². The molecule has 24 heavy (non-hydrogen) atoms. The van der Waals surface area contributed by atoms with Gasteiger partial charge in [-0.25, -0.2) is 0 Å². The summed E-state index contributed by atoms with van der Waals surface area (Å²) in [7, 11) is 0. The van der Waals surface area contributed by atoms with Crippen molar-refractivity contribution >= 4 is 11.9 Å². The Morgan fingerprint density at radius 1 is 1.29 bits per heavy atom. The number of aliphatic imine (C=N–C) groups is 1. The first-order chi connectivity index (χ1) is 11.6. The van der Waals surface area contributed by atoms with Crippen LogP contribution in [0, 0.1) is 0 Å². The molecule has 0 amide bonds. The minimum atomic E-state index is 0.378. The highest BCUT2D eigenvalue weighted by molar-refractivity contribution is 5.60. The van der Waals surface area contributed by atoms with Gasteiger partial charge in [0.1, 0.15) is 0 Å². The van der Waals surface area contributed by atoms with E-state index in [1.165, 1.54) is 24.1 Å². The van der Waals surface area contributed by atoms with Crippen molar-refractivity contribution in [3.8, 4) is 0 Å². The number of nitrogens with two attached hydrogens (primary N) is 1. The number of piperidine rings is 1. The number of nitrogens with zero attached hydrogens (tertiary/aromatic N) is 2. The van der Waals surface area contributed by atoms with E-state index in [2.05, 4.69) is 39.5 Å². The van der Waals surface area contributed by atoms with Crippen molar-refractivity contribution in [2.75, 3.05) is 31.6 Å². The van der Waals surface area contributed by atoms with Crippen LogP contribution in [0.4, 0.5) is 5.69 Å². The fraction of sp³-hybridized carbons (Fsp3) is 0.550. The summed E-state index contributed by atoms with van der Waals surface area (Å²) in [6.07, 6.45) is 7.28. The third kappa shape index (κ3) is 4.38. The molecule has 1 aromatic carbocycles. The number of para-hydroxylation sites is 1. The lowest BCUT2D eigenvalue weighted by molar-refractivity contribution is 0.173. The van der Waals surface area contributed by atoms with Crippen LogP contribution in [0.25, 0.3) is 0 Å². The lowest BCUT2D eigenvalue weighted by Gasteiger charge is -2.38. The normalized spacial score (nSPS) is 19.7. The van der Waals surface area contributed by atoms with Crippen molar-refractivity contribution in [2.45, 2.75) is 45.4 Å². The van der Waals surface area contributed by atoms with Gasteiger partial charge < -0.3 is 11.1 Å². The van der Waals surface area contributed by atoms with Crippen molar-refractivity contribution < 1.29 is 0 Å². The third-order valence-electron chi connectivity index (χ3n) is 5.17. The average Bonchev–Trinajstić information content (AvgIpc) is 3.00. The molecule has 132 valence electrons. The molecular weight excluding hydrogens is 296 g/mol. The number of benzene rings is 1. The number of fused-ring (bicyclic) bond motifs is 2. The first kappa shape index (κ1) is 18.5. The lowest BCUT2D eigenvalue weighted by atomic mass is 9.74. The van der Waals surface area contributed by atoms with E-state index >= 15 is 0 Å². The first-order valence-electron chi connectivity index (χ1n) is 9.06. The SMILES string of the molecule is C/C=C(/N)CC.C/C=N\CN1CCC2(CC1)CNc1ccccc12. The monoisotopic (exact) mass is 328 g/mol. The lowest BCUT2D eigenvalue weighted by Crippen LogP contribution is -2.43. The van der Waals surface area contributed by atoms with Gasteiger partial charge in [0.15, 0.2) is 0 Å². The molecule has 1 saturated heterocycles. The predicted molar refractivity (Wildman–Crippen MR) is 105 cm³/mol. The molecule has 2 aliphatic heterocycles. The largest absolute Gasteiger partial charge is 0.402 e. The van der Waals surface area contributed by atoms with E-state index in [0.29, 0.717) is 5.41 Å². The van der Waals surface area contributed by atoms with E-state index in [0.717, 1.165) is 38.4 Å². The van der Waals surface area contributed by atoms with Crippen LogP contribution in [-0.4, -0.2) is 37.4 Å². The first-order valence-corrected chi connectivity index (χ1v) is 9.06. The van der Waals surface area contributed by atoms with Gasteiger partial charge in [0.25, 0.3) is 0 Å². The van der Waals surface area contributed by atoms with Crippen molar-refractivity contribution in [3.63, 3.8) is 0 Å². The predicted octanol–water partition coefficient (Wildman–Crippen LogP) is 3.75. The highest BCUT2D eigenvalue weighted by atomic mass is 15.2. The summed E-state index contributed by atoms with van der Waals surface area (Å²) in [4.78, 5) is 6.79. The third-order valence-corrected chi connectivity index (χ3v) is 5.17. The van der Waals surface area contributed by atoms with Crippen LogP contribution in [0.3, 0.4) is 0 Å². The van der Waals surface area contributed by atoms with Crippen LogP contribution in [0.1, 0.15) is 45.6 Å². The fourth-order valence-electron chi connectivity index (χ4n) is 3.43. The van der Waals surface area contributed by atoms with Gasteiger partial charge in [-0.2, -0.15) is 0 Å². The van der Waals surface area contributed by atoms with E-state index in [4.69, 9.17) is 5.73 Å². The minimum absolute atomic E-state index is 0.378. The Hall–Kier alpha value is -1.81. The summed E-state index contributed by atoms with van der Waals surface area (Å²) in [5.41, 5.74) is 9.56. The Morgan fingerprint density at radius 3 is 2.58 bits per heavy atom. The summed E-state index contributed by atoms with van der Waals surface area (Å²) < 4.78 is 0. The van der Waals surface area contributed by atoms with Crippen molar-refractivity contribution in [3.05, 3.63) is 41.6 Å². The summed E-state index contributed by atoms with van der Waals surface area (Å²) in [5.74, 6) is 0. The number of nitrogens with one attached hydrogen (secondary N) is 1. The van der Waals surface area contributed by atoms with Gasteiger partial charge in [0, 0.05) is 36.4 Å². The Morgan fingerprint density at radius 2 is 2.00 bits per heavy atom. The van der Waals surface area contributed by atoms with Gasteiger partial charge in [-0.1, -0.05) is 31.2 Å². The number of anilines is 1. The molecule has 0 radical (unpaired) electrons. The quantitative estimate of drug-likeness (QED) is 0.831. The smallest absolute Gasteiger partial charge is 0.0905 e. The molecule has 0 saturated carbocycles. The highest BCUT2D eigenvalue weighted by Crippen LogP contribution is 2.43. The second-order valence-electron chi connectivity index (χ2n) is 6.60. The Kier molecular flexibility index (Phi) is 6.85. The number of hydrogen-bond acceptors (Lipinski definition) is 4. The van der Waals surface area contributed by atoms with E-state index in [-0.39, 0.29) is 0 Å². The molecule has 0 bridgehead atoms. The molecule has 1 spiro atoms. The van der Waals surface area contributed by atoms with Crippen molar-refractivity contribution in [1.29, 1.82) is 0 Å². The second kappa shape index (κ2) is 8.88. The summed E-state index contributed by atoms with van der Waals surface area (Å²) in [6.45, 7) is 10.3. The van der Waals surface area contributed by atoms with E-state index in [1.807, 2.05) is 33.1 Å². The Labute approximate surface area is 146 Å². The maximum Gasteiger partial charge on any atom is 0.0905 e. The van der Waals surface area contributed by atoms with Crippen molar-refractivity contribution in [2.24, 2.45) is 10.7 Å². The maximum atomic E-state index is 5.33. The minimum Gasteiger partial charge on any atom is -0.402 e. The van der Waals surface area contributed by atoms with Gasteiger partial charge in [0.2, 0.25) is 0 Å². The fourth-order valence-corrected chi connectivity index (χ4v) is 3.43. The molecule has 2 aliphatic rings. The standard InChI is InChI=1S/C15H21N3.C5H11N/c1-2-16-12-18-9-7-15(8-10-18)11-17-14-6-4-3-5-13(14)15;1-3-5(6)4-2/h2-6,17H,7-12H2,1H3;3H,4,6H2,1-2H3/b16-2-;5-3+. The molecule has 3 rings (SSSR count). The topological polar surface area (TPSA) is 53.6 Å². The summed E-state index contributed by atoms with van der Waals surface area (Å²) in [6, 6.07) is 8.80. The Bertz CT molecular complexity index is 569. The zero-order chi connectivity index (χ0) is 17.4. The molecular formula is C20H32N4. The van der Waals surface area contributed by atoms with E-state index in [1.54, 1.807) is 0 Å². The number of allylic oxidation sites excluding steroid dienone is 2.